The number of carbonyl (C=O) groups is 1. The highest BCUT2D eigenvalue weighted by molar-refractivity contribution is 7.07. The number of carbonyl (C=O) groups excluding carboxylic acids is 1. The van der Waals surface area contributed by atoms with E-state index in [4.69, 9.17) is 0 Å². The van der Waals surface area contributed by atoms with Crippen molar-refractivity contribution in [2.24, 2.45) is 5.92 Å². The Balaban J connectivity index is 1.44. The van der Waals surface area contributed by atoms with Crippen LogP contribution < -0.4 is 0 Å². The fourth-order valence-corrected chi connectivity index (χ4v) is 4.85. The van der Waals surface area contributed by atoms with E-state index in [9.17, 15) is 4.79 Å². The van der Waals surface area contributed by atoms with Crippen molar-refractivity contribution in [2.45, 2.75) is 57.4 Å². The smallest absolute Gasteiger partial charge is 0.225 e. The minimum atomic E-state index is 0.266. The molecule has 1 saturated heterocycles. The Labute approximate surface area is 153 Å². The molecule has 0 radical (unpaired) electrons. The normalized spacial score (nSPS) is 22.2. The summed E-state index contributed by atoms with van der Waals surface area (Å²) in [6.45, 7) is 2.51. The van der Waals surface area contributed by atoms with Crippen LogP contribution in [0.25, 0.3) is 0 Å². The highest BCUT2D eigenvalue weighted by atomic mass is 32.1. The second-order valence-electron chi connectivity index (χ2n) is 7.35. The predicted octanol–water partition coefficient (Wildman–Crippen LogP) is 3.67. The van der Waals surface area contributed by atoms with Gasteiger partial charge in [-0.15, -0.1) is 11.3 Å². The molecule has 2 fully saturated rings. The van der Waals surface area contributed by atoms with Crippen LogP contribution in [0.5, 0.6) is 0 Å². The zero-order chi connectivity index (χ0) is 17.1. The van der Waals surface area contributed by atoms with E-state index >= 15 is 0 Å². The summed E-state index contributed by atoms with van der Waals surface area (Å²) < 4.78 is 2.20. The van der Waals surface area contributed by atoms with Gasteiger partial charge in [0.15, 0.2) is 0 Å². The first kappa shape index (κ1) is 16.8. The minimum absolute atomic E-state index is 0.266. The zero-order valence-corrected chi connectivity index (χ0v) is 15.5. The number of aromatic nitrogens is 3. The lowest BCUT2D eigenvalue weighted by Crippen LogP contribution is -2.43. The van der Waals surface area contributed by atoms with Gasteiger partial charge in [-0.3, -0.25) is 4.79 Å². The molecular weight excluding hydrogens is 332 g/mol. The molecule has 1 aliphatic carbocycles. The van der Waals surface area contributed by atoms with Crippen LogP contribution in [0.1, 0.15) is 62.4 Å². The van der Waals surface area contributed by atoms with E-state index < -0.39 is 0 Å². The number of hydrogen-bond acceptors (Lipinski definition) is 4. The lowest BCUT2D eigenvalue weighted by molar-refractivity contribution is -0.137. The Morgan fingerprint density at radius 3 is 2.84 bits per heavy atom. The van der Waals surface area contributed by atoms with E-state index in [1.54, 1.807) is 11.3 Å². The fourth-order valence-electron chi connectivity index (χ4n) is 4.30. The summed E-state index contributed by atoms with van der Waals surface area (Å²) in [5.74, 6) is 2.10. The number of hydrogen-bond donors (Lipinski definition) is 0. The van der Waals surface area contributed by atoms with Gasteiger partial charge in [0.05, 0.1) is 17.7 Å². The molecule has 1 saturated carbocycles. The molecule has 0 N–H and O–H groups in total. The van der Waals surface area contributed by atoms with Crippen LogP contribution >= 0.6 is 11.3 Å². The first-order valence-electron chi connectivity index (χ1n) is 9.48. The van der Waals surface area contributed by atoms with Gasteiger partial charge in [0.2, 0.25) is 5.91 Å². The zero-order valence-electron chi connectivity index (χ0n) is 14.6. The Hall–Kier alpha value is -1.69. The van der Waals surface area contributed by atoms with Crippen molar-refractivity contribution in [1.82, 2.24) is 19.4 Å². The average Bonchev–Trinajstić information content (AvgIpc) is 3.34. The van der Waals surface area contributed by atoms with E-state index in [0.29, 0.717) is 11.8 Å². The molecule has 1 unspecified atom stereocenters. The number of amides is 1. The third-order valence-electron chi connectivity index (χ3n) is 5.62. The van der Waals surface area contributed by atoms with E-state index in [1.807, 2.05) is 17.9 Å². The van der Waals surface area contributed by atoms with E-state index in [1.165, 1.54) is 19.3 Å². The van der Waals surface area contributed by atoms with Crippen LogP contribution in [0.2, 0.25) is 0 Å². The van der Waals surface area contributed by atoms with Crippen LogP contribution in [-0.4, -0.2) is 38.4 Å². The summed E-state index contributed by atoms with van der Waals surface area (Å²) in [6, 6.07) is 0. The summed E-state index contributed by atoms with van der Waals surface area (Å²) in [7, 11) is 0. The standard InChI is InChI=1S/C19H26N4OS/c24-19(15-5-2-1-3-6-15)23-9-4-7-16(11-23)18-20-8-10-22(18)12-17-13-25-14-21-17/h8,10,13-16H,1-7,9,11-12H2. The minimum Gasteiger partial charge on any atom is -0.342 e. The van der Waals surface area contributed by atoms with Crippen LogP contribution in [0.15, 0.2) is 23.3 Å². The molecule has 3 heterocycles. The quantitative estimate of drug-likeness (QED) is 0.838. The van der Waals surface area contributed by atoms with Gasteiger partial charge in [0, 0.05) is 42.7 Å². The molecule has 4 rings (SSSR count). The first-order valence-corrected chi connectivity index (χ1v) is 10.4. The lowest BCUT2D eigenvalue weighted by atomic mass is 9.87. The largest absolute Gasteiger partial charge is 0.342 e. The molecule has 2 aromatic rings. The molecule has 1 atom stereocenters. The van der Waals surface area contributed by atoms with Gasteiger partial charge < -0.3 is 9.47 Å². The summed E-state index contributed by atoms with van der Waals surface area (Å²) >= 11 is 1.63. The summed E-state index contributed by atoms with van der Waals surface area (Å²) in [5, 5.41) is 2.09. The average molecular weight is 359 g/mol. The van der Waals surface area contributed by atoms with Crippen molar-refractivity contribution in [2.75, 3.05) is 13.1 Å². The monoisotopic (exact) mass is 358 g/mol. The van der Waals surface area contributed by atoms with Crippen molar-refractivity contribution in [3.63, 3.8) is 0 Å². The van der Waals surface area contributed by atoms with Gasteiger partial charge in [0.1, 0.15) is 5.82 Å². The molecule has 0 spiro atoms. The topological polar surface area (TPSA) is 51.0 Å². The highest BCUT2D eigenvalue weighted by Gasteiger charge is 2.31. The van der Waals surface area contributed by atoms with Crippen LogP contribution in [0, 0.1) is 5.92 Å². The maximum atomic E-state index is 12.9. The SMILES string of the molecule is O=C(C1CCCCC1)N1CCCC(c2nccn2Cc2cscn2)C1. The number of thiazole rings is 1. The third kappa shape index (κ3) is 3.78. The number of piperidine rings is 1. The molecule has 1 aliphatic heterocycles. The number of imidazole rings is 1. The molecule has 0 bridgehead atoms. The van der Waals surface area contributed by atoms with Crippen molar-refractivity contribution in [1.29, 1.82) is 0 Å². The summed E-state index contributed by atoms with van der Waals surface area (Å²) in [6.07, 6.45) is 12.0. The van der Waals surface area contributed by atoms with Crippen molar-refractivity contribution in [3.05, 3.63) is 34.8 Å². The van der Waals surface area contributed by atoms with E-state index in [2.05, 4.69) is 24.8 Å². The number of nitrogens with zero attached hydrogens (tertiary/aromatic N) is 4. The molecule has 134 valence electrons. The molecule has 5 nitrogen and oxygen atoms in total. The van der Waals surface area contributed by atoms with Crippen LogP contribution in [0.4, 0.5) is 0 Å². The van der Waals surface area contributed by atoms with Gasteiger partial charge in [-0.1, -0.05) is 19.3 Å². The lowest BCUT2D eigenvalue weighted by Gasteiger charge is -2.35. The second-order valence-corrected chi connectivity index (χ2v) is 8.07. The molecule has 2 aliphatic rings. The van der Waals surface area contributed by atoms with Gasteiger partial charge in [0.25, 0.3) is 0 Å². The molecule has 1 amide bonds. The first-order chi connectivity index (χ1) is 12.3. The Bertz CT molecular complexity index is 690. The molecule has 6 heteroatoms. The van der Waals surface area contributed by atoms with E-state index in [-0.39, 0.29) is 5.92 Å². The molecule has 0 aromatic carbocycles. The van der Waals surface area contributed by atoms with E-state index in [0.717, 1.165) is 56.8 Å². The summed E-state index contributed by atoms with van der Waals surface area (Å²) in [4.78, 5) is 24.0. The molecular formula is C19H26N4OS. The van der Waals surface area contributed by atoms with Gasteiger partial charge in [-0.2, -0.15) is 0 Å². The Kier molecular flexibility index (Phi) is 5.15. The maximum Gasteiger partial charge on any atom is 0.225 e. The van der Waals surface area contributed by atoms with Crippen molar-refractivity contribution >= 4 is 17.2 Å². The second kappa shape index (κ2) is 7.68. The molecule has 25 heavy (non-hydrogen) atoms. The predicted molar refractivity (Wildman–Crippen MR) is 98.6 cm³/mol. The van der Waals surface area contributed by atoms with Crippen LogP contribution in [-0.2, 0) is 11.3 Å². The molecule has 2 aromatic heterocycles. The maximum absolute atomic E-state index is 12.9. The van der Waals surface area contributed by atoms with Gasteiger partial charge in [-0.25, -0.2) is 9.97 Å². The number of likely N-dealkylation sites (tertiary alicyclic amines) is 1. The van der Waals surface area contributed by atoms with Crippen molar-refractivity contribution in [3.8, 4) is 0 Å². The fraction of sp³-hybridized carbons (Fsp3) is 0.632. The third-order valence-corrected chi connectivity index (χ3v) is 6.25. The Morgan fingerprint density at radius 2 is 2.04 bits per heavy atom. The summed E-state index contributed by atoms with van der Waals surface area (Å²) in [5.41, 5.74) is 2.95. The van der Waals surface area contributed by atoms with Gasteiger partial charge in [-0.05, 0) is 25.7 Å². The van der Waals surface area contributed by atoms with Crippen molar-refractivity contribution < 1.29 is 4.79 Å². The van der Waals surface area contributed by atoms with Crippen LogP contribution in [0.3, 0.4) is 0 Å². The number of rotatable bonds is 4. The van der Waals surface area contributed by atoms with Gasteiger partial charge >= 0.3 is 0 Å². The highest BCUT2D eigenvalue weighted by Crippen LogP contribution is 2.30. The Morgan fingerprint density at radius 1 is 1.16 bits per heavy atom.